The molecule has 1 aliphatic heterocycles. The van der Waals surface area contributed by atoms with Gasteiger partial charge in [0.25, 0.3) is 5.91 Å². The molecule has 1 aromatic carbocycles. The Morgan fingerprint density at radius 2 is 1.91 bits per heavy atom. The summed E-state index contributed by atoms with van der Waals surface area (Å²) in [6.07, 6.45) is 4.44. The van der Waals surface area contributed by atoms with Crippen LogP contribution in [0, 0.1) is 5.92 Å². The van der Waals surface area contributed by atoms with Crippen LogP contribution in [0.4, 0.5) is 5.69 Å². The van der Waals surface area contributed by atoms with Crippen molar-refractivity contribution in [3.05, 3.63) is 54.6 Å². The Kier molecular flexibility index (Phi) is 3.82. The van der Waals surface area contributed by atoms with E-state index in [1.54, 1.807) is 16.8 Å². The molecule has 0 spiro atoms. The molecule has 0 unspecified atom stereocenters. The van der Waals surface area contributed by atoms with E-state index in [2.05, 4.69) is 9.97 Å². The zero-order valence-corrected chi connectivity index (χ0v) is 12.2. The van der Waals surface area contributed by atoms with E-state index in [9.17, 15) is 9.59 Å². The van der Waals surface area contributed by atoms with Crippen LogP contribution >= 0.6 is 0 Å². The highest BCUT2D eigenvalue weighted by Gasteiger charge is 2.38. The van der Waals surface area contributed by atoms with Gasteiger partial charge in [-0.3, -0.25) is 14.6 Å². The molecule has 1 saturated heterocycles. The minimum atomic E-state index is -0.181. The Hall–Kier alpha value is -2.76. The van der Waals surface area contributed by atoms with Crippen molar-refractivity contribution in [2.75, 3.05) is 25.0 Å². The minimum Gasteiger partial charge on any atom is -0.336 e. The van der Waals surface area contributed by atoms with Crippen molar-refractivity contribution in [2.45, 2.75) is 0 Å². The second-order valence-electron chi connectivity index (χ2n) is 5.23. The maximum Gasteiger partial charge on any atom is 0.274 e. The van der Waals surface area contributed by atoms with E-state index in [0.717, 1.165) is 5.69 Å². The third kappa shape index (κ3) is 2.67. The second-order valence-corrected chi connectivity index (χ2v) is 5.23. The van der Waals surface area contributed by atoms with Crippen LogP contribution in [0.15, 0.2) is 48.9 Å². The number of amides is 2. The highest BCUT2D eigenvalue weighted by Crippen LogP contribution is 2.22. The molecule has 2 aromatic rings. The van der Waals surface area contributed by atoms with Crippen molar-refractivity contribution in [3.8, 4) is 0 Å². The maximum atomic E-state index is 12.4. The first-order chi connectivity index (χ1) is 10.7. The molecule has 0 radical (unpaired) electrons. The fraction of sp³-hybridized carbons (Fsp3) is 0.250. The summed E-state index contributed by atoms with van der Waals surface area (Å²) in [7, 11) is 1.75. The molecule has 3 rings (SSSR count). The summed E-state index contributed by atoms with van der Waals surface area (Å²) >= 11 is 0. The lowest BCUT2D eigenvalue weighted by Gasteiger charge is -2.39. The van der Waals surface area contributed by atoms with Gasteiger partial charge in [-0.1, -0.05) is 18.2 Å². The first kappa shape index (κ1) is 14.2. The fourth-order valence-corrected chi connectivity index (χ4v) is 2.42. The van der Waals surface area contributed by atoms with Crippen molar-refractivity contribution in [3.63, 3.8) is 0 Å². The van der Waals surface area contributed by atoms with Crippen LogP contribution in [0.3, 0.4) is 0 Å². The van der Waals surface area contributed by atoms with Gasteiger partial charge in [-0.2, -0.15) is 0 Å². The number of rotatable bonds is 3. The molecule has 0 saturated carbocycles. The molecular formula is C16H16N4O2. The highest BCUT2D eigenvalue weighted by atomic mass is 16.2. The zero-order valence-electron chi connectivity index (χ0n) is 12.2. The molecule has 2 amide bonds. The molecule has 1 aliphatic rings. The van der Waals surface area contributed by atoms with E-state index in [4.69, 9.17) is 0 Å². The number of hydrogen-bond acceptors (Lipinski definition) is 4. The van der Waals surface area contributed by atoms with Crippen molar-refractivity contribution in [2.24, 2.45) is 5.92 Å². The van der Waals surface area contributed by atoms with Gasteiger partial charge in [0, 0.05) is 38.2 Å². The van der Waals surface area contributed by atoms with Crippen LogP contribution in [-0.2, 0) is 4.79 Å². The number of carbonyl (C=O) groups is 2. The number of nitrogens with zero attached hydrogens (tertiary/aromatic N) is 4. The summed E-state index contributed by atoms with van der Waals surface area (Å²) in [4.78, 5) is 35.6. The standard InChI is InChI=1S/C16H16N4O2/c1-19(13-5-3-2-4-6-13)15(21)12-10-20(11-12)16(22)14-9-17-7-8-18-14/h2-9,12H,10-11H2,1H3. The van der Waals surface area contributed by atoms with Gasteiger partial charge in [0.1, 0.15) is 5.69 Å². The lowest BCUT2D eigenvalue weighted by Crippen LogP contribution is -2.56. The minimum absolute atomic E-state index is 0.0226. The molecule has 6 heteroatoms. The molecule has 0 bridgehead atoms. The first-order valence-electron chi connectivity index (χ1n) is 7.04. The normalized spacial score (nSPS) is 14.3. The molecule has 1 aromatic heterocycles. The number of anilines is 1. The topological polar surface area (TPSA) is 66.4 Å². The Morgan fingerprint density at radius 1 is 1.18 bits per heavy atom. The van der Waals surface area contributed by atoms with E-state index in [-0.39, 0.29) is 17.7 Å². The summed E-state index contributed by atoms with van der Waals surface area (Å²) in [5.41, 5.74) is 1.16. The number of para-hydroxylation sites is 1. The van der Waals surface area contributed by atoms with Gasteiger partial charge in [-0.15, -0.1) is 0 Å². The Balaban J connectivity index is 1.59. The van der Waals surface area contributed by atoms with Gasteiger partial charge in [0.15, 0.2) is 0 Å². The van der Waals surface area contributed by atoms with Crippen molar-refractivity contribution < 1.29 is 9.59 Å². The largest absolute Gasteiger partial charge is 0.336 e. The van der Waals surface area contributed by atoms with Gasteiger partial charge < -0.3 is 9.80 Å². The van der Waals surface area contributed by atoms with E-state index in [0.29, 0.717) is 18.8 Å². The lowest BCUT2D eigenvalue weighted by atomic mass is 9.98. The van der Waals surface area contributed by atoms with Crippen LogP contribution in [0.25, 0.3) is 0 Å². The van der Waals surface area contributed by atoms with Crippen LogP contribution < -0.4 is 4.90 Å². The fourth-order valence-electron chi connectivity index (χ4n) is 2.42. The van der Waals surface area contributed by atoms with Crippen molar-refractivity contribution in [1.82, 2.24) is 14.9 Å². The average molecular weight is 296 g/mol. The molecule has 22 heavy (non-hydrogen) atoms. The van der Waals surface area contributed by atoms with E-state index in [1.165, 1.54) is 18.6 Å². The lowest BCUT2D eigenvalue weighted by molar-refractivity contribution is -0.126. The van der Waals surface area contributed by atoms with Crippen molar-refractivity contribution in [1.29, 1.82) is 0 Å². The number of carbonyl (C=O) groups excluding carboxylic acids is 2. The first-order valence-corrected chi connectivity index (χ1v) is 7.04. The Bertz CT molecular complexity index is 669. The van der Waals surface area contributed by atoms with Crippen LogP contribution in [0.1, 0.15) is 10.5 Å². The number of benzene rings is 1. The molecule has 1 fully saturated rings. The second kappa shape index (κ2) is 5.93. The number of likely N-dealkylation sites (tertiary alicyclic amines) is 1. The summed E-state index contributed by atoms with van der Waals surface area (Å²) in [5.74, 6) is -0.320. The summed E-state index contributed by atoms with van der Waals surface area (Å²) in [6.45, 7) is 0.844. The average Bonchev–Trinajstić information content (AvgIpc) is 2.54. The van der Waals surface area contributed by atoms with E-state index < -0.39 is 0 Å². The molecule has 0 aliphatic carbocycles. The van der Waals surface area contributed by atoms with E-state index >= 15 is 0 Å². The SMILES string of the molecule is CN(C(=O)C1CN(C(=O)c2cnccn2)C1)c1ccccc1. The van der Waals surface area contributed by atoms with Crippen LogP contribution in [0.5, 0.6) is 0 Å². The molecule has 0 atom stereocenters. The zero-order chi connectivity index (χ0) is 15.5. The molecule has 6 nitrogen and oxygen atoms in total. The highest BCUT2D eigenvalue weighted by molar-refractivity contribution is 5.98. The maximum absolute atomic E-state index is 12.4. The third-order valence-electron chi connectivity index (χ3n) is 3.77. The molecule has 0 N–H and O–H groups in total. The Labute approximate surface area is 128 Å². The third-order valence-corrected chi connectivity index (χ3v) is 3.77. The van der Waals surface area contributed by atoms with Gasteiger partial charge in [-0.05, 0) is 12.1 Å². The summed E-state index contributed by atoms with van der Waals surface area (Å²) in [6, 6.07) is 9.47. The Morgan fingerprint density at radius 3 is 2.55 bits per heavy atom. The molecule has 2 heterocycles. The number of aromatic nitrogens is 2. The van der Waals surface area contributed by atoms with Crippen LogP contribution in [-0.4, -0.2) is 46.8 Å². The number of hydrogen-bond donors (Lipinski definition) is 0. The van der Waals surface area contributed by atoms with Gasteiger partial charge in [0.05, 0.1) is 12.1 Å². The smallest absolute Gasteiger partial charge is 0.274 e. The van der Waals surface area contributed by atoms with Crippen molar-refractivity contribution >= 4 is 17.5 Å². The summed E-state index contributed by atoms with van der Waals surface area (Å²) in [5, 5.41) is 0. The van der Waals surface area contributed by atoms with Crippen LogP contribution in [0.2, 0.25) is 0 Å². The predicted molar refractivity (Wildman–Crippen MR) is 81.3 cm³/mol. The van der Waals surface area contributed by atoms with Gasteiger partial charge >= 0.3 is 0 Å². The monoisotopic (exact) mass is 296 g/mol. The predicted octanol–water partition coefficient (Wildman–Crippen LogP) is 1.21. The molecular weight excluding hydrogens is 280 g/mol. The van der Waals surface area contributed by atoms with E-state index in [1.807, 2.05) is 30.3 Å². The van der Waals surface area contributed by atoms with Gasteiger partial charge in [0.2, 0.25) is 5.91 Å². The quantitative estimate of drug-likeness (QED) is 0.854. The summed E-state index contributed by atoms with van der Waals surface area (Å²) < 4.78 is 0. The molecule has 112 valence electrons. The van der Waals surface area contributed by atoms with Gasteiger partial charge in [-0.25, -0.2) is 4.98 Å².